The Balaban J connectivity index is 1.68. The normalized spacial score (nSPS) is 20.4. The van der Waals surface area contributed by atoms with Gasteiger partial charge in [-0.25, -0.2) is 4.79 Å². The number of carbonyl (C=O) groups is 1. The topological polar surface area (TPSA) is 29.5 Å². The van der Waals surface area contributed by atoms with Gasteiger partial charge >= 0.3 is 6.09 Å². The zero-order valence-corrected chi connectivity index (χ0v) is 13.3. The van der Waals surface area contributed by atoms with Gasteiger partial charge in [-0.15, -0.1) is 0 Å². The van der Waals surface area contributed by atoms with E-state index >= 15 is 0 Å². The summed E-state index contributed by atoms with van der Waals surface area (Å²) in [5.74, 6) is 0. The Morgan fingerprint density at radius 2 is 1.81 bits per heavy atom. The summed E-state index contributed by atoms with van der Waals surface area (Å²) < 4.78 is 5.48. The van der Waals surface area contributed by atoms with Gasteiger partial charge in [-0.1, -0.05) is 24.3 Å². The van der Waals surface area contributed by atoms with Crippen molar-refractivity contribution in [2.24, 2.45) is 0 Å². The molecule has 1 aliphatic carbocycles. The molecule has 0 radical (unpaired) electrons. The molecule has 1 fully saturated rings. The van der Waals surface area contributed by atoms with Gasteiger partial charge in [0.05, 0.1) is 0 Å². The molecule has 0 unspecified atom stereocenters. The predicted octanol–water partition coefficient (Wildman–Crippen LogP) is 3.90. The van der Waals surface area contributed by atoms with Crippen LogP contribution in [0.5, 0.6) is 0 Å². The van der Waals surface area contributed by atoms with Crippen molar-refractivity contribution in [3.63, 3.8) is 0 Å². The largest absolute Gasteiger partial charge is 0.444 e. The minimum Gasteiger partial charge on any atom is -0.444 e. The number of likely N-dealkylation sites (tertiary alicyclic amines) is 1. The predicted molar refractivity (Wildman–Crippen MR) is 83.5 cm³/mol. The number of amides is 1. The molecular weight excluding hydrogens is 262 g/mol. The van der Waals surface area contributed by atoms with Crippen LogP contribution in [0.15, 0.2) is 24.3 Å². The molecule has 0 N–H and O–H groups in total. The van der Waals surface area contributed by atoms with E-state index in [4.69, 9.17) is 4.74 Å². The van der Waals surface area contributed by atoms with E-state index in [-0.39, 0.29) is 6.09 Å². The van der Waals surface area contributed by atoms with Crippen LogP contribution in [0.3, 0.4) is 0 Å². The number of nitrogens with zero attached hydrogens (tertiary/aromatic N) is 1. The molecule has 21 heavy (non-hydrogen) atoms. The summed E-state index contributed by atoms with van der Waals surface area (Å²) in [4.78, 5) is 14.0. The van der Waals surface area contributed by atoms with E-state index in [1.54, 1.807) is 0 Å². The summed E-state index contributed by atoms with van der Waals surface area (Å²) >= 11 is 0. The molecule has 1 heterocycles. The molecule has 1 amide bonds. The molecule has 0 aromatic heterocycles. The smallest absolute Gasteiger partial charge is 0.410 e. The maximum absolute atomic E-state index is 12.2. The van der Waals surface area contributed by atoms with Gasteiger partial charge in [-0.3, -0.25) is 0 Å². The van der Waals surface area contributed by atoms with Crippen molar-refractivity contribution in [2.75, 3.05) is 13.1 Å². The van der Waals surface area contributed by atoms with Crippen LogP contribution in [-0.4, -0.2) is 29.7 Å². The molecule has 1 aromatic rings. The summed E-state index contributed by atoms with van der Waals surface area (Å²) in [5, 5.41) is 0. The fraction of sp³-hybridized carbons (Fsp3) is 0.611. The third-order valence-electron chi connectivity index (χ3n) is 4.83. The Morgan fingerprint density at radius 1 is 1.14 bits per heavy atom. The highest BCUT2D eigenvalue weighted by molar-refractivity contribution is 5.68. The lowest BCUT2D eigenvalue weighted by Crippen LogP contribution is -2.46. The van der Waals surface area contributed by atoms with E-state index in [0.29, 0.717) is 5.41 Å². The number of hydrogen-bond acceptors (Lipinski definition) is 2. The minimum atomic E-state index is -0.411. The average molecular weight is 287 g/mol. The highest BCUT2D eigenvalue weighted by atomic mass is 16.6. The number of hydrogen-bond donors (Lipinski definition) is 0. The molecule has 0 atom stereocenters. The lowest BCUT2D eigenvalue weighted by molar-refractivity contribution is 0.0164. The first kappa shape index (κ1) is 14.4. The van der Waals surface area contributed by atoms with Crippen LogP contribution in [0.25, 0.3) is 0 Å². The molecule has 1 spiro atoms. The zero-order chi connectivity index (χ0) is 15.1. The van der Waals surface area contributed by atoms with Gasteiger partial charge in [0, 0.05) is 13.1 Å². The summed E-state index contributed by atoms with van der Waals surface area (Å²) in [6.07, 6.45) is 4.37. The average Bonchev–Trinajstić information content (AvgIpc) is 2.77. The number of rotatable bonds is 0. The Bertz CT molecular complexity index is 536. The standard InChI is InChI=1S/C18H25NO2/c1-17(2,3)21-16(20)19-12-10-18(11-13-19)9-8-14-6-4-5-7-15(14)18/h4-7H,8-13H2,1-3H3. The van der Waals surface area contributed by atoms with Gasteiger partial charge in [0.15, 0.2) is 0 Å². The van der Waals surface area contributed by atoms with Gasteiger partial charge in [-0.05, 0) is 63.0 Å². The highest BCUT2D eigenvalue weighted by Gasteiger charge is 2.42. The molecule has 1 saturated heterocycles. The van der Waals surface area contributed by atoms with Crippen molar-refractivity contribution in [2.45, 2.75) is 57.5 Å². The van der Waals surface area contributed by atoms with Crippen LogP contribution >= 0.6 is 0 Å². The quantitative estimate of drug-likeness (QED) is 0.724. The second-order valence-electron chi connectivity index (χ2n) is 7.40. The number of ether oxygens (including phenoxy) is 1. The van der Waals surface area contributed by atoms with Crippen molar-refractivity contribution in [1.29, 1.82) is 0 Å². The maximum Gasteiger partial charge on any atom is 0.410 e. The van der Waals surface area contributed by atoms with E-state index in [9.17, 15) is 4.79 Å². The fourth-order valence-corrected chi connectivity index (χ4v) is 3.73. The molecule has 3 heteroatoms. The Kier molecular flexibility index (Phi) is 3.46. The van der Waals surface area contributed by atoms with Crippen LogP contribution in [-0.2, 0) is 16.6 Å². The van der Waals surface area contributed by atoms with Crippen LogP contribution in [0.4, 0.5) is 4.79 Å². The summed E-state index contributed by atoms with van der Waals surface area (Å²) in [6, 6.07) is 8.82. The van der Waals surface area contributed by atoms with Gasteiger partial charge in [0.25, 0.3) is 0 Å². The van der Waals surface area contributed by atoms with Crippen molar-refractivity contribution in [1.82, 2.24) is 4.90 Å². The number of aryl methyl sites for hydroxylation is 1. The number of carbonyl (C=O) groups excluding carboxylic acids is 1. The second kappa shape index (κ2) is 5.04. The van der Waals surface area contributed by atoms with Crippen LogP contribution in [0, 0.1) is 0 Å². The monoisotopic (exact) mass is 287 g/mol. The van der Waals surface area contributed by atoms with Crippen LogP contribution < -0.4 is 0 Å². The SMILES string of the molecule is CC(C)(C)OC(=O)N1CCC2(CCc3ccccc32)CC1. The first-order valence-corrected chi connectivity index (χ1v) is 7.96. The molecule has 3 rings (SSSR count). The molecule has 114 valence electrons. The van der Waals surface area contributed by atoms with Crippen molar-refractivity contribution >= 4 is 6.09 Å². The second-order valence-corrected chi connectivity index (χ2v) is 7.40. The van der Waals surface area contributed by atoms with Gasteiger partial charge in [0.1, 0.15) is 5.60 Å². The van der Waals surface area contributed by atoms with E-state index in [1.165, 1.54) is 24.0 Å². The van der Waals surface area contributed by atoms with Gasteiger partial charge in [0.2, 0.25) is 0 Å². The van der Waals surface area contributed by atoms with Crippen molar-refractivity contribution < 1.29 is 9.53 Å². The Labute approximate surface area is 127 Å². The van der Waals surface area contributed by atoms with E-state index in [1.807, 2.05) is 25.7 Å². The van der Waals surface area contributed by atoms with E-state index < -0.39 is 5.60 Å². The third-order valence-corrected chi connectivity index (χ3v) is 4.83. The maximum atomic E-state index is 12.2. The van der Waals surface area contributed by atoms with Crippen molar-refractivity contribution in [3.05, 3.63) is 35.4 Å². The lowest BCUT2D eigenvalue weighted by atomic mass is 9.74. The Morgan fingerprint density at radius 3 is 2.48 bits per heavy atom. The molecule has 3 nitrogen and oxygen atoms in total. The highest BCUT2D eigenvalue weighted by Crippen LogP contribution is 2.46. The summed E-state index contributed by atoms with van der Waals surface area (Å²) in [5.41, 5.74) is 2.92. The lowest BCUT2D eigenvalue weighted by Gasteiger charge is -2.40. The van der Waals surface area contributed by atoms with Crippen LogP contribution in [0.2, 0.25) is 0 Å². The van der Waals surface area contributed by atoms with Crippen molar-refractivity contribution in [3.8, 4) is 0 Å². The molecule has 1 aromatic carbocycles. The van der Waals surface area contributed by atoms with Crippen LogP contribution in [0.1, 0.15) is 51.2 Å². The number of fused-ring (bicyclic) bond motifs is 2. The first-order chi connectivity index (χ1) is 9.90. The number of piperidine rings is 1. The first-order valence-electron chi connectivity index (χ1n) is 7.96. The molecular formula is C18H25NO2. The minimum absolute atomic E-state index is 0.163. The Hall–Kier alpha value is -1.51. The molecule has 2 aliphatic rings. The van der Waals surface area contributed by atoms with E-state index in [2.05, 4.69) is 24.3 Å². The molecule has 0 bridgehead atoms. The van der Waals surface area contributed by atoms with Gasteiger partial charge < -0.3 is 9.64 Å². The third kappa shape index (κ3) is 2.78. The zero-order valence-electron chi connectivity index (χ0n) is 13.3. The summed E-state index contributed by atoms with van der Waals surface area (Å²) in [6.45, 7) is 7.38. The van der Waals surface area contributed by atoms with E-state index in [0.717, 1.165) is 25.9 Å². The molecule has 0 saturated carbocycles. The number of benzene rings is 1. The fourth-order valence-electron chi connectivity index (χ4n) is 3.73. The molecule has 1 aliphatic heterocycles. The van der Waals surface area contributed by atoms with Gasteiger partial charge in [-0.2, -0.15) is 0 Å². The summed E-state index contributed by atoms with van der Waals surface area (Å²) in [7, 11) is 0.